The number of nitrogens with one attached hydrogen (secondary N) is 1. The monoisotopic (exact) mass is 258 g/mol. The molecule has 2 nitrogen and oxygen atoms in total. The fourth-order valence-electron chi connectivity index (χ4n) is 2.18. The van der Waals surface area contributed by atoms with Gasteiger partial charge in [0.15, 0.2) is 5.82 Å². The summed E-state index contributed by atoms with van der Waals surface area (Å²) in [5.41, 5.74) is 3.63. The molecule has 3 rings (SSSR count). The fraction of sp³-hybridized carbons (Fsp3) is 0.133. The molecule has 3 aromatic rings. The molecule has 0 atom stereocenters. The normalized spacial score (nSPS) is 11.2. The lowest BCUT2D eigenvalue weighted by Crippen LogP contribution is -1.88. The van der Waals surface area contributed by atoms with Crippen LogP contribution in [0.2, 0.25) is 0 Å². The highest BCUT2D eigenvalue weighted by Crippen LogP contribution is 2.26. The van der Waals surface area contributed by atoms with Crippen LogP contribution in [0.3, 0.4) is 0 Å². The van der Waals surface area contributed by atoms with Crippen LogP contribution >= 0.6 is 0 Å². The van der Waals surface area contributed by atoms with E-state index in [2.05, 4.69) is 9.97 Å². The van der Waals surface area contributed by atoms with Gasteiger partial charge >= 0.3 is 0 Å². The minimum absolute atomic E-state index is 0.164. The average Bonchev–Trinajstić information content (AvgIpc) is 2.76. The molecule has 1 aromatic heterocycles. The summed E-state index contributed by atoms with van der Waals surface area (Å²) >= 11 is 0. The van der Waals surface area contributed by atoms with E-state index >= 15 is 0 Å². The van der Waals surface area contributed by atoms with E-state index in [0.29, 0.717) is 11.3 Å². The zero-order valence-electron chi connectivity index (χ0n) is 10.6. The molecular formula is C15H12F2N2. The van der Waals surface area contributed by atoms with E-state index in [-0.39, 0.29) is 5.52 Å². The molecule has 1 N–H and O–H groups in total. The maximum atomic E-state index is 13.6. The standard InChI is InChI=1S/C15H12F2N2/c1-8-4-3-5-11(9(8)2)15-18-13-7-10(16)6-12(17)14(13)19-15/h3-7H,1-2H3,(H,18,19). The van der Waals surface area contributed by atoms with Crippen LogP contribution in [0, 0.1) is 25.5 Å². The van der Waals surface area contributed by atoms with E-state index in [1.807, 2.05) is 32.0 Å². The number of imidazole rings is 1. The number of rotatable bonds is 1. The lowest BCUT2D eigenvalue weighted by molar-refractivity contribution is 0.591. The molecule has 0 saturated carbocycles. The second-order valence-corrected chi connectivity index (χ2v) is 4.62. The topological polar surface area (TPSA) is 28.7 Å². The van der Waals surface area contributed by atoms with E-state index in [0.717, 1.165) is 22.8 Å². The van der Waals surface area contributed by atoms with Gasteiger partial charge in [0.05, 0.1) is 5.52 Å². The quantitative estimate of drug-likeness (QED) is 0.698. The summed E-state index contributed by atoms with van der Waals surface area (Å²) in [6.07, 6.45) is 0. The molecule has 4 heteroatoms. The van der Waals surface area contributed by atoms with Crippen molar-refractivity contribution in [3.05, 3.63) is 53.1 Å². The van der Waals surface area contributed by atoms with Crippen molar-refractivity contribution in [3.8, 4) is 11.4 Å². The maximum absolute atomic E-state index is 13.6. The lowest BCUT2D eigenvalue weighted by atomic mass is 10.0. The molecule has 0 saturated heterocycles. The summed E-state index contributed by atoms with van der Waals surface area (Å²) in [6.45, 7) is 3.98. The van der Waals surface area contributed by atoms with Gasteiger partial charge in [-0.2, -0.15) is 0 Å². The van der Waals surface area contributed by atoms with Crippen molar-refractivity contribution >= 4 is 11.0 Å². The van der Waals surface area contributed by atoms with Crippen molar-refractivity contribution in [1.82, 2.24) is 9.97 Å². The SMILES string of the molecule is Cc1cccc(-c2nc3c(F)cc(F)cc3[nH]2)c1C. The molecule has 0 aliphatic heterocycles. The summed E-state index contributed by atoms with van der Waals surface area (Å²) in [5.74, 6) is -0.704. The Hall–Kier alpha value is -2.23. The number of aryl methyl sites for hydroxylation is 1. The highest BCUT2D eigenvalue weighted by molar-refractivity contribution is 5.80. The van der Waals surface area contributed by atoms with Gasteiger partial charge in [0, 0.05) is 11.6 Å². The summed E-state index contributed by atoms with van der Waals surface area (Å²) in [5, 5.41) is 0. The number of halogens is 2. The number of aromatic amines is 1. The molecule has 0 amide bonds. The van der Waals surface area contributed by atoms with Crippen LogP contribution in [0.5, 0.6) is 0 Å². The van der Waals surface area contributed by atoms with Crippen LogP contribution in [0.25, 0.3) is 22.4 Å². The van der Waals surface area contributed by atoms with Crippen molar-refractivity contribution in [2.75, 3.05) is 0 Å². The van der Waals surface area contributed by atoms with E-state index in [9.17, 15) is 8.78 Å². The Kier molecular flexibility index (Phi) is 2.59. The number of hydrogen-bond donors (Lipinski definition) is 1. The second-order valence-electron chi connectivity index (χ2n) is 4.62. The molecule has 0 aliphatic carbocycles. The van der Waals surface area contributed by atoms with Crippen molar-refractivity contribution in [3.63, 3.8) is 0 Å². The third-order valence-corrected chi connectivity index (χ3v) is 3.36. The van der Waals surface area contributed by atoms with Gasteiger partial charge in [-0.1, -0.05) is 18.2 Å². The molecule has 0 bridgehead atoms. The van der Waals surface area contributed by atoms with Crippen LogP contribution in [0.1, 0.15) is 11.1 Å². The maximum Gasteiger partial charge on any atom is 0.153 e. The van der Waals surface area contributed by atoms with E-state index in [4.69, 9.17) is 0 Å². The minimum Gasteiger partial charge on any atom is -0.338 e. The van der Waals surface area contributed by atoms with Gasteiger partial charge in [-0.05, 0) is 31.0 Å². The lowest BCUT2D eigenvalue weighted by Gasteiger charge is -2.04. The van der Waals surface area contributed by atoms with Crippen LogP contribution in [0.4, 0.5) is 8.78 Å². The van der Waals surface area contributed by atoms with E-state index < -0.39 is 11.6 Å². The number of aromatic nitrogens is 2. The predicted molar refractivity (Wildman–Crippen MR) is 70.9 cm³/mol. The minimum atomic E-state index is -0.650. The molecule has 0 fully saturated rings. The second kappa shape index (κ2) is 4.16. The summed E-state index contributed by atoms with van der Waals surface area (Å²) in [6, 6.07) is 7.92. The van der Waals surface area contributed by atoms with Gasteiger partial charge in [-0.15, -0.1) is 0 Å². The van der Waals surface area contributed by atoms with E-state index in [1.54, 1.807) is 0 Å². The third-order valence-electron chi connectivity index (χ3n) is 3.36. The highest BCUT2D eigenvalue weighted by atomic mass is 19.1. The zero-order valence-corrected chi connectivity index (χ0v) is 10.6. The van der Waals surface area contributed by atoms with Crippen LogP contribution in [0.15, 0.2) is 30.3 Å². The van der Waals surface area contributed by atoms with Gasteiger partial charge in [-0.3, -0.25) is 0 Å². The van der Waals surface area contributed by atoms with Gasteiger partial charge in [-0.25, -0.2) is 13.8 Å². The summed E-state index contributed by atoms with van der Waals surface area (Å²) in [7, 11) is 0. The molecule has 1 heterocycles. The number of benzene rings is 2. The van der Waals surface area contributed by atoms with Gasteiger partial charge in [0.25, 0.3) is 0 Å². The molecule has 0 radical (unpaired) electrons. The average molecular weight is 258 g/mol. The van der Waals surface area contributed by atoms with Crippen LogP contribution in [-0.4, -0.2) is 9.97 Å². The zero-order chi connectivity index (χ0) is 13.6. The van der Waals surface area contributed by atoms with Crippen molar-refractivity contribution in [2.45, 2.75) is 13.8 Å². The van der Waals surface area contributed by atoms with Crippen molar-refractivity contribution in [1.29, 1.82) is 0 Å². The Morgan fingerprint density at radius 3 is 2.68 bits per heavy atom. The number of fused-ring (bicyclic) bond motifs is 1. The van der Waals surface area contributed by atoms with Crippen LogP contribution in [-0.2, 0) is 0 Å². The Labute approximate surface area is 109 Å². The first-order valence-electron chi connectivity index (χ1n) is 5.97. The number of nitrogens with zero attached hydrogens (tertiary/aromatic N) is 1. The molecular weight excluding hydrogens is 246 g/mol. The van der Waals surface area contributed by atoms with Gasteiger partial charge < -0.3 is 4.98 Å². The Balaban J connectivity index is 2.26. The largest absolute Gasteiger partial charge is 0.338 e. The van der Waals surface area contributed by atoms with Gasteiger partial charge in [0.1, 0.15) is 17.2 Å². The number of hydrogen-bond acceptors (Lipinski definition) is 1. The first-order chi connectivity index (χ1) is 9.06. The summed E-state index contributed by atoms with van der Waals surface area (Å²) in [4.78, 5) is 7.20. The summed E-state index contributed by atoms with van der Waals surface area (Å²) < 4.78 is 26.8. The fourth-order valence-corrected chi connectivity index (χ4v) is 2.18. The molecule has 96 valence electrons. The first-order valence-corrected chi connectivity index (χ1v) is 5.97. The Morgan fingerprint density at radius 1 is 1.11 bits per heavy atom. The molecule has 19 heavy (non-hydrogen) atoms. The Morgan fingerprint density at radius 2 is 1.89 bits per heavy atom. The van der Waals surface area contributed by atoms with Crippen LogP contribution < -0.4 is 0 Å². The molecule has 0 unspecified atom stereocenters. The predicted octanol–water partition coefficient (Wildman–Crippen LogP) is 4.12. The Bertz CT molecular complexity index is 775. The number of H-pyrrole nitrogens is 1. The first kappa shape index (κ1) is 11.8. The molecule has 0 aliphatic rings. The highest BCUT2D eigenvalue weighted by Gasteiger charge is 2.12. The van der Waals surface area contributed by atoms with Crippen molar-refractivity contribution in [2.24, 2.45) is 0 Å². The van der Waals surface area contributed by atoms with Crippen molar-refractivity contribution < 1.29 is 8.78 Å². The smallest absolute Gasteiger partial charge is 0.153 e. The van der Waals surface area contributed by atoms with E-state index in [1.165, 1.54) is 6.07 Å². The molecule has 0 spiro atoms. The van der Waals surface area contributed by atoms with Gasteiger partial charge in [0.2, 0.25) is 0 Å². The molecule has 2 aromatic carbocycles. The third kappa shape index (κ3) is 1.89.